The minimum absolute atomic E-state index is 0.274. The molecular weight excluding hydrogens is 308 g/mol. The maximum Gasteiger partial charge on any atom is 0.335 e. The fourth-order valence-electron chi connectivity index (χ4n) is 1.56. The fourth-order valence-corrected chi connectivity index (χ4v) is 2.95. The molecule has 0 aromatic heterocycles. The number of hydrogen-bond acceptors (Lipinski definition) is 4. The maximum atomic E-state index is 13.6. The van der Waals surface area contributed by atoms with Crippen molar-refractivity contribution in [2.45, 2.75) is 24.3 Å². The first kappa shape index (κ1) is 17.5. The van der Waals surface area contributed by atoms with Crippen molar-refractivity contribution in [1.29, 1.82) is 0 Å². The van der Waals surface area contributed by atoms with Gasteiger partial charge in [0.15, 0.2) is 11.6 Å². The van der Waals surface area contributed by atoms with E-state index in [4.69, 9.17) is 9.84 Å². The largest absolute Gasteiger partial charge is 0.478 e. The van der Waals surface area contributed by atoms with Gasteiger partial charge in [-0.05, 0) is 25.5 Å². The second kappa shape index (κ2) is 6.92. The number of halogens is 2. The molecule has 0 spiro atoms. The van der Waals surface area contributed by atoms with Crippen LogP contribution in [0.1, 0.15) is 23.7 Å². The maximum absolute atomic E-state index is 13.6. The fraction of sp³-hybridized carbons (Fsp3) is 0.417. The number of carbonyl (C=O) groups is 1. The molecule has 0 aliphatic rings. The van der Waals surface area contributed by atoms with Crippen LogP contribution >= 0.6 is 0 Å². The molecule has 0 aliphatic carbocycles. The highest BCUT2D eigenvalue weighted by Crippen LogP contribution is 2.20. The summed E-state index contributed by atoms with van der Waals surface area (Å²) in [4.78, 5) is 9.75. The lowest BCUT2D eigenvalue weighted by atomic mass is 10.2. The first-order valence-electron chi connectivity index (χ1n) is 5.92. The van der Waals surface area contributed by atoms with Crippen molar-refractivity contribution >= 4 is 16.0 Å². The van der Waals surface area contributed by atoms with Gasteiger partial charge in [0.1, 0.15) is 4.90 Å². The summed E-state index contributed by atoms with van der Waals surface area (Å²) in [6, 6.07) is 0.405. The van der Waals surface area contributed by atoms with Crippen LogP contribution in [0.5, 0.6) is 0 Å². The quantitative estimate of drug-likeness (QED) is 0.790. The van der Waals surface area contributed by atoms with Gasteiger partial charge in [-0.15, -0.1) is 0 Å². The van der Waals surface area contributed by atoms with Crippen molar-refractivity contribution in [3.8, 4) is 0 Å². The average molecular weight is 323 g/mol. The molecule has 0 fully saturated rings. The molecule has 9 heteroatoms. The Bertz CT molecular complexity index is 633. The highest BCUT2D eigenvalue weighted by molar-refractivity contribution is 7.89. The summed E-state index contributed by atoms with van der Waals surface area (Å²) in [6.07, 6.45) is 0.318. The van der Waals surface area contributed by atoms with Gasteiger partial charge in [0.05, 0.1) is 5.56 Å². The minimum Gasteiger partial charge on any atom is -0.478 e. The molecule has 0 radical (unpaired) electrons. The molecule has 0 bridgehead atoms. The van der Waals surface area contributed by atoms with Crippen molar-refractivity contribution in [3.63, 3.8) is 0 Å². The molecular formula is C12H15F2NO5S. The Morgan fingerprint density at radius 1 is 1.43 bits per heavy atom. The monoisotopic (exact) mass is 323 g/mol. The number of carboxylic acid groups (broad SMARTS) is 1. The van der Waals surface area contributed by atoms with Crippen LogP contribution in [0.4, 0.5) is 8.78 Å². The van der Waals surface area contributed by atoms with Crippen LogP contribution in [0.25, 0.3) is 0 Å². The molecule has 0 heterocycles. The molecule has 1 rings (SSSR count). The van der Waals surface area contributed by atoms with Gasteiger partial charge in [-0.25, -0.2) is 26.7 Å². The zero-order chi connectivity index (χ0) is 16.2. The molecule has 1 atom stereocenters. The third-order valence-corrected chi connectivity index (χ3v) is 4.23. The molecule has 118 valence electrons. The van der Waals surface area contributed by atoms with Crippen LogP contribution in [0.15, 0.2) is 17.0 Å². The van der Waals surface area contributed by atoms with E-state index in [1.807, 2.05) is 0 Å². The van der Waals surface area contributed by atoms with Gasteiger partial charge in [0.2, 0.25) is 10.0 Å². The summed E-state index contributed by atoms with van der Waals surface area (Å²) in [6.45, 7) is 1.79. The Hall–Kier alpha value is -1.58. The van der Waals surface area contributed by atoms with E-state index >= 15 is 0 Å². The predicted molar refractivity (Wildman–Crippen MR) is 69.6 cm³/mol. The van der Waals surface area contributed by atoms with Crippen molar-refractivity contribution in [2.75, 3.05) is 13.7 Å². The lowest BCUT2D eigenvalue weighted by Gasteiger charge is -2.14. The van der Waals surface area contributed by atoms with Crippen molar-refractivity contribution < 1.29 is 31.8 Å². The standard InChI is InChI=1S/C12H15F2NO5S/c1-7(3-4-20-2)15-21(18,19)10-6-8(12(16)17)5-9(13)11(10)14/h5-7,15H,3-4H2,1-2H3,(H,16,17). The Morgan fingerprint density at radius 3 is 2.57 bits per heavy atom. The number of sulfonamides is 1. The van der Waals surface area contributed by atoms with E-state index < -0.39 is 44.1 Å². The third-order valence-electron chi connectivity index (χ3n) is 2.64. The summed E-state index contributed by atoms with van der Waals surface area (Å²) in [5.41, 5.74) is -0.654. The summed E-state index contributed by atoms with van der Waals surface area (Å²) in [5.74, 6) is -4.72. The van der Waals surface area contributed by atoms with Crippen molar-refractivity contribution in [2.24, 2.45) is 0 Å². The molecule has 1 aromatic carbocycles. The number of hydrogen-bond donors (Lipinski definition) is 2. The van der Waals surface area contributed by atoms with E-state index in [2.05, 4.69) is 4.72 Å². The summed E-state index contributed by atoms with van der Waals surface area (Å²) >= 11 is 0. The van der Waals surface area contributed by atoms with Gasteiger partial charge < -0.3 is 9.84 Å². The zero-order valence-electron chi connectivity index (χ0n) is 11.4. The van der Waals surface area contributed by atoms with Crippen molar-refractivity contribution in [1.82, 2.24) is 4.72 Å². The van der Waals surface area contributed by atoms with Gasteiger partial charge in [-0.2, -0.15) is 0 Å². The van der Waals surface area contributed by atoms with Crippen molar-refractivity contribution in [3.05, 3.63) is 29.3 Å². The molecule has 1 unspecified atom stereocenters. The van der Waals surface area contributed by atoms with E-state index in [9.17, 15) is 22.0 Å². The third kappa shape index (κ3) is 4.45. The number of ether oxygens (including phenoxy) is 1. The Morgan fingerprint density at radius 2 is 2.05 bits per heavy atom. The second-order valence-corrected chi connectivity index (χ2v) is 6.06. The van der Waals surface area contributed by atoms with Crippen LogP contribution in [0.3, 0.4) is 0 Å². The molecule has 0 saturated heterocycles. The Kier molecular flexibility index (Phi) is 5.76. The molecule has 0 saturated carbocycles. The highest BCUT2D eigenvalue weighted by atomic mass is 32.2. The molecule has 0 amide bonds. The number of carboxylic acids is 1. The lowest BCUT2D eigenvalue weighted by Crippen LogP contribution is -2.34. The summed E-state index contributed by atoms with van der Waals surface area (Å²) in [5, 5.41) is 8.77. The Balaban J connectivity index is 3.16. The zero-order valence-corrected chi connectivity index (χ0v) is 12.2. The van der Waals surface area contributed by atoms with Gasteiger partial charge in [-0.1, -0.05) is 0 Å². The van der Waals surface area contributed by atoms with Gasteiger partial charge in [0.25, 0.3) is 0 Å². The summed E-state index contributed by atoms with van der Waals surface area (Å²) in [7, 11) is -2.95. The van der Waals surface area contributed by atoms with Crippen LogP contribution in [-0.2, 0) is 14.8 Å². The number of methoxy groups -OCH3 is 1. The SMILES string of the molecule is COCCC(C)NS(=O)(=O)c1cc(C(=O)O)cc(F)c1F. The van der Waals surface area contributed by atoms with E-state index in [1.165, 1.54) is 14.0 Å². The molecule has 2 N–H and O–H groups in total. The van der Waals surface area contributed by atoms with Crippen LogP contribution in [0.2, 0.25) is 0 Å². The first-order valence-corrected chi connectivity index (χ1v) is 7.41. The van der Waals surface area contributed by atoms with Crippen LogP contribution in [-0.4, -0.2) is 39.3 Å². The molecule has 21 heavy (non-hydrogen) atoms. The first-order chi connectivity index (χ1) is 9.69. The van der Waals surface area contributed by atoms with E-state index in [0.29, 0.717) is 18.6 Å². The van der Waals surface area contributed by atoms with Crippen LogP contribution in [0, 0.1) is 11.6 Å². The number of benzene rings is 1. The predicted octanol–water partition coefficient (Wildman–Crippen LogP) is 1.37. The highest BCUT2D eigenvalue weighted by Gasteiger charge is 2.25. The normalized spacial score (nSPS) is 13.1. The molecule has 1 aromatic rings. The van der Waals surface area contributed by atoms with Gasteiger partial charge in [0, 0.05) is 19.8 Å². The minimum atomic E-state index is -4.38. The second-order valence-electron chi connectivity index (χ2n) is 4.38. The van der Waals surface area contributed by atoms with Gasteiger partial charge in [-0.3, -0.25) is 0 Å². The van der Waals surface area contributed by atoms with E-state index in [1.54, 1.807) is 0 Å². The topological polar surface area (TPSA) is 92.7 Å². The molecule has 0 aliphatic heterocycles. The number of aromatic carboxylic acids is 1. The Labute approximate surface area is 120 Å². The lowest BCUT2D eigenvalue weighted by molar-refractivity contribution is 0.0696. The summed E-state index contributed by atoms with van der Waals surface area (Å²) < 4.78 is 57.9. The number of rotatable bonds is 7. The van der Waals surface area contributed by atoms with Crippen LogP contribution < -0.4 is 4.72 Å². The number of nitrogens with one attached hydrogen (secondary N) is 1. The van der Waals surface area contributed by atoms with E-state index in [0.717, 1.165) is 0 Å². The van der Waals surface area contributed by atoms with Gasteiger partial charge >= 0.3 is 5.97 Å². The smallest absolute Gasteiger partial charge is 0.335 e. The average Bonchev–Trinajstić information content (AvgIpc) is 2.38. The van der Waals surface area contributed by atoms with E-state index in [-0.39, 0.29) is 6.61 Å². The molecule has 6 nitrogen and oxygen atoms in total.